The molecule has 0 fully saturated rings. The molecule has 0 spiro atoms. The van der Waals surface area contributed by atoms with Gasteiger partial charge >= 0.3 is 0 Å². The van der Waals surface area contributed by atoms with Crippen LogP contribution >= 0.6 is 11.6 Å². The summed E-state index contributed by atoms with van der Waals surface area (Å²) in [5.41, 5.74) is 0. The van der Waals surface area contributed by atoms with Gasteiger partial charge in [-0.05, 0) is 35.5 Å². The lowest BCUT2D eigenvalue weighted by Crippen LogP contribution is -2.24. The molecule has 6 nitrogen and oxygen atoms in total. The van der Waals surface area contributed by atoms with Gasteiger partial charge in [-0.15, -0.1) is 5.10 Å². The molecule has 0 atom stereocenters. The van der Waals surface area contributed by atoms with Crippen LogP contribution in [-0.4, -0.2) is 43.7 Å². The first kappa shape index (κ1) is 13.9. The van der Waals surface area contributed by atoms with Crippen LogP contribution in [0.2, 0.25) is 5.02 Å². The molecule has 19 heavy (non-hydrogen) atoms. The average molecular weight is 281 g/mol. The molecular formula is C12H17ClN6. The largest absolute Gasteiger partial charge is 0.299 e. The van der Waals surface area contributed by atoms with E-state index in [1.165, 1.54) is 0 Å². The number of pyridine rings is 1. The van der Waals surface area contributed by atoms with Crippen molar-refractivity contribution in [1.29, 1.82) is 0 Å². The maximum atomic E-state index is 5.82. The number of aromatic nitrogens is 5. The molecule has 0 radical (unpaired) electrons. The Morgan fingerprint density at radius 1 is 1.37 bits per heavy atom. The number of halogens is 1. The highest BCUT2D eigenvalue weighted by atomic mass is 35.5. The van der Waals surface area contributed by atoms with Crippen LogP contribution in [0, 0.1) is 5.92 Å². The van der Waals surface area contributed by atoms with Gasteiger partial charge in [-0.3, -0.25) is 4.90 Å². The Morgan fingerprint density at radius 2 is 2.16 bits per heavy atom. The summed E-state index contributed by atoms with van der Waals surface area (Å²) in [6, 6.07) is 3.57. The highest BCUT2D eigenvalue weighted by Gasteiger charge is 2.12. The summed E-state index contributed by atoms with van der Waals surface area (Å²) in [5.74, 6) is 2.03. The van der Waals surface area contributed by atoms with E-state index >= 15 is 0 Å². The third kappa shape index (κ3) is 3.71. The van der Waals surface area contributed by atoms with Gasteiger partial charge in [0.25, 0.3) is 0 Å². The van der Waals surface area contributed by atoms with Gasteiger partial charge < -0.3 is 0 Å². The fourth-order valence-corrected chi connectivity index (χ4v) is 2.02. The van der Waals surface area contributed by atoms with Crippen LogP contribution in [0.15, 0.2) is 18.3 Å². The van der Waals surface area contributed by atoms with Crippen LogP contribution in [0.25, 0.3) is 5.82 Å². The molecule has 7 heteroatoms. The van der Waals surface area contributed by atoms with Gasteiger partial charge in [0.1, 0.15) is 0 Å². The van der Waals surface area contributed by atoms with Gasteiger partial charge in [0.2, 0.25) is 0 Å². The van der Waals surface area contributed by atoms with Gasteiger partial charge in [0.15, 0.2) is 11.6 Å². The van der Waals surface area contributed by atoms with Crippen LogP contribution in [0.5, 0.6) is 0 Å². The summed E-state index contributed by atoms with van der Waals surface area (Å²) < 4.78 is 1.63. The number of rotatable bonds is 5. The molecule has 2 aromatic rings. The zero-order valence-corrected chi connectivity index (χ0v) is 12.0. The van der Waals surface area contributed by atoms with Crippen molar-refractivity contribution < 1.29 is 0 Å². The number of hydrogen-bond donors (Lipinski definition) is 0. The van der Waals surface area contributed by atoms with Gasteiger partial charge in [-0.1, -0.05) is 25.4 Å². The van der Waals surface area contributed by atoms with E-state index in [0.29, 0.717) is 23.3 Å². The lowest BCUT2D eigenvalue weighted by molar-refractivity contribution is 0.279. The van der Waals surface area contributed by atoms with Crippen LogP contribution in [0.1, 0.15) is 19.7 Å². The van der Waals surface area contributed by atoms with E-state index in [-0.39, 0.29) is 0 Å². The molecule has 0 aliphatic rings. The van der Waals surface area contributed by atoms with E-state index in [4.69, 9.17) is 11.6 Å². The smallest absolute Gasteiger partial charge is 0.172 e. The Labute approximate surface area is 117 Å². The Kier molecular flexibility index (Phi) is 4.44. The van der Waals surface area contributed by atoms with E-state index in [1.807, 2.05) is 7.05 Å². The van der Waals surface area contributed by atoms with E-state index in [1.54, 1.807) is 23.0 Å². The third-order valence-corrected chi connectivity index (χ3v) is 2.77. The number of nitrogens with zero attached hydrogens (tertiary/aromatic N) is 6. The molecule has 0 aliphatic carbocycles. The molecule has 0 N–H and O–H groups in total. The molecule has 2 aromatic heterocycles. The molecule has 2 heterocycles. The van der Waals surface area contributed by atoms with Crippen molar-refractivity contribution in [1.82, 2.24) is 30.1 Å². The fraction of sp³-hybridized carbons (Fsp3) is 0.500. The minimum atomic E-state index is 0.593. The summed E-state index contributed by atoms with van der Waals surface area (Å²) in [6.07, 6.45) is 1.58. The van der Waals surface area contributed by atoms with Crippen LogP contribution in [0.3, 0.4) is 0 Å². The van der Waals surface area contributed by atoms with E-state index in [0.717, 1.165) is 12.4 Å². The fourth-order valence-electron chi connectivity index (χ4n) is 1.90. The zero-order valence-electron chi connectivity index (χ0n) is 11.3. The topological polar surface area (TPSA) is 59.7 Å². The molecule has 0 bridgehead atoms. The van der Waals surface area contributed by atoms with E-state index < -0.39 is 0 Å². The maximum absolute atomic E-state index is 5.82. The van der Waals surface area contributed by atoms with Crippen LogP contribution in [0.4, 0.5) is 0 Å². The SMILES string of the molecule is CC(C)CN(C)Cc1nnnn1-c1ccc(Cl)cn1. The normalized spacial score (nSPS) is 11.5. The summed E-state index contributed by atoms with van der Waals surface area (Å²) in [7, 11) is 2.05. The monoisotopic (exact) mass is 280 g/mol. The highest BCUT2D eigenvalue weighted by molar-refractivity contribution is 6.30. The van der Waals surface area contributed by atoms with Gasteiger partial charge in [0.05, 0.1) is 11.6 Å². The van der Waals surface area contributed by atoms with Crippen molar-refractivity contribution in [3.05, 3.63) is 29.2 Å². The van der Waals surface area contributed by atoms with Crippen molar-refractivity contribution >= 4 is 11.6 Å². The summed E-state index contributed by atoms with van der Waals surface area (Å²) in [4.78, 5) is 6.40. The average Bonchev–Trinajstić information content (AvgIpc) is 2.77. The Hall–Kier alpha value is -1.53. The maximum Gasteiger partial charge on any atom is 0.172 e. The van der Waals surface area contributed by atoms with Crippen molar-refractivity contribution in [2.45, 2.75) is 20.4 Å². The Morgan fingerprint density at radius 3 is 2.79 bits per heavy atom. The van der Waals surface area contributed by atoms with Crippen LogP contribution in [-0.2, 0) is 6.54 Å². The second-order valence-electron chi connectivity index (χ2n) is 4.93. The molecule has 0 amide bonds. The third-order valence-electron chi connectivity index (χ3n) is 2.55. The van der Waals surface area contributed by atoms with E-state index in [9.17, 15) is 0 Å². The first-order chi connectivity index (χ1) is 9.06. The Bertz CT molecular complexity index is 521. The molecule has 0 saturated heterocycles. The predicted molar refractivity (Wildman–Crippen MR) is 73.1 cm³/mol. The first-order valence-corrected chi connectivity index (χ1v) is 6.52. The van der Waals surface area contributed by atoms with Gasteiger partial charge in [-0.25, -0.2) is 4.98 Å². The van der Waals surface area contributed by atoms with Crippen molar-refractivity contribution in [2.75, 3.05) is 13.6 Å². The summed E-state index contributed by atoms with van der Waals surface area (Å²) >= 11 is 5.82. The zero-order chi connectivity index (χ0) is 13.8. The molecule has 0 unspecified atom stereocenters. The van der Waals surface area contributed by atoms with Crippen molar-refractivity contribution in [3.8, 4) is 5.82 Å². The second-order valence-corrected chi connectivity index (χ2v) is 5.37. The molecule has 0 saturated carbocycles. The standard InChI is InChI=1S/C12H17ClN6/c1-9(2)7-18(3)8-12-15-16-17-19(12)11-5-4-10(13)6-14-11/h4-6,9H,7-8H2,1-3H3. The molecule has 0 aliphatic heterocycles. The lowest BCUT2D eigenvalue weighted by Gasteiger charge is -2.17. The molecular weight excluding hydrogens is 264 g/mol. The molecule has 0 aromatic carbocycles. The minimum absolute atomic E-state index is 0.593. The van der Waals surface area contributed by atoms with E-state index in [2.05, 4.69) is 39.3 Å². The van der Waals surface area contributed by atoms with Crippen molar-refractivity contribution in [2.24, 2.45) is 5.92 Å². The second kappa shape index (κ2) is 6.08. The van der Waals surface area contributed by atoms with Gasteiger partial charge in [0, 0.05) is 12.7 Å². The number of tetrazole rings is 1. The quantitative estimate of drug-likeness (QED) is 0.836. The first-order valence-electron chi connectivity index (χ1n) is 6.14. The minimum Gasteiger partial charge on any atom is -0.299 e. The summed E-state index contributed by atoms with van der Waals surface area (Å²) in [6.45, 7) is 6.02. The molecule has 102 valence electrons. The molecule has 2 rings (SSSR count). The summed E-state index contributed by atoms with van der Waals surface area (Å²) in [5, 5.41) is 12.3. The van der Waals surface area contributed by atoms with Gasteiger partial charge in [-0.2, -0.15) is 4.68 Å². The van der Waals surface area contributed by atoms with Crippen molar-refractivity contribution in [3.63, 3.8) is 0 Å². The number of hydrogen-bond acceptors (Lipinski definition) is 5. The predicted octanol–water partition coefficient (Wildman–Crippen LogP) is 1.80. The Balaban J connectivity index is 2.15. The lowest BCUT2D eigenvalue weighted by atomic mass is 10.2. The van der Waals surface area contributed by atoms with Crippen LogP contribution < -0.4 is 0 Å². The highest BCUT2D eigenvalue weighted by Crippen LogP contribution is 2.11.